The normalized spacial score (nSPS) is 18.8. The van der Waals surface area contributed by atoms with Gasteiger partial charge in [-0.3, -0.25) is 0 Å². The van der Waals surface area contributed by atoms with E-state index in [2.05, 4.69) is 0 Å². The minimum absolute atomic E-state index is 0.0648. The van der Waals surface area contributed by atoms with Crippen LogP contribution in [0.4, 0.5) is 0 Å². The molecule has 0 spiro atoms. The third-order valence-electron chi connectivity index (χ3n) is 2.89. The number of rotatable bonds is 4. The van der Waals surface area contributed by atoms with Gasteiger partial charge in [0.25, 0.3) is 0 Å². The van der Waals surface area contributed by atoms with Crippen LogP contribution in [-0.2, 0) is 9.53 Å². The molecule has 18 heavy (non-hydrogen) atoms. The standard InChI is InChI=1S/C9H15NO2.C5H12O/c1-2-12-9(11)7-4-3-5-8(10)6-7;1-3-5(6)4-2/h4,8H,2-3,5-6,10H2,1H3;5-6H,3-4H2,1-2H3/t8-;/m0./s1. The fourth-order valence-electron chi connectivity index (χ4n) is 1.62. The van der Waals surface area contributed by atoms with Crippen LogP contribution >= 0.6 is 0 Å². The maximum absolute atomic E-state index is 11.2. The molecule has 0 saturated heterocycles. The van der Waals surface area contributed by atoms with Gasteiger partial charge in [0.15, 0.2) is 0 Å². The van der Waals surface area contributed by atoms with Gasteiger partial charge in [0.1, 0.15) is 0 Å². The first-order chi connectivity index (χ1) is 8.54. The van der Waals surface area contributed by atoms with Crippen molar-refractivity contribution in [1.29, 1.82) is 0 Å². The summed E-state index contributed by atoms with van der Waals surface area (Å²) in [6.07, 6.45) is 6.18. The number of hydrogen-bond acceptors (Lipinski definition) is 4. The van der Waals surface area contributed by atoms with Crippen LogP contribution in [0.25, 0.3) is 0 Å². The van der Waals surface area contributed by atoms with E-state index in [1.54, 1.807) is 6.92 Å². The fourth-order valence-corrected chi connectivity index (χ4v) is 1.62. The molecule has 0 fully saturated rings. The summed E-state index contributed by atoms with van der Waals surface area (Å²) in [5.74, 6) is -0.201. The SMILES string of the molecule is CCC(O)CC.CCOC(=O)C1=CCC[C@H](N)C1. The first-order valence-electron chi connectivity index (χ1n) is 6.84. The first kappa shape index (κ1) is 17.1. The highest BCUT2D eigenvalue weighted by Gasteiger charge is 2.17. The molecule has 0 amide bonds. The molecule has 0 heterocycles. The van der Waals surface area contributed by atoms with Crippen molar-refractivity contribution in [3.63, 3.8) is 0 Å². The molecule has 0 aromatic rings. The van der Waals surface area contributed by atoms with Crippen molar-refractivity contribution in [1.82, 2.24) is 0 Å². The van der Waals surface area contributed by atoms with Gasteiger partial charge in [-0.2, -0.15) is 0 Å². The van der Waals surface area contributed by atoms with E-state index in [-0.39, 0.29) is 18.1 Å². The molecule has 0 aliphatic heterocycles. The zero-order chi connectivity index (χ0) is 14.0. The lowest BCUT2D eigenvalue weighted by Gasteiger charge is -2.17. The van der Waals surface area contributed by atoms with E-state index in [0.29, 0.717) is 13.0 Å². The molecule has 0 saturated carbocycles. The van der Waals surface area contributed by atoms with Crippen LogP contribution in [0.2, 0.25) is 0 Å². The molecule has 0 unspecified atom stereocenters. The van der Waals surface area contributed by atoms with E-state index in [0.717, 1.165) is 31.3 Å². The highest BCUT2D eigenvalue weighted by Crippen LogP contribution is 2.17. The lowest BCUT2D eigenvalue weighted by Crippen LogP contribution is -2.25. The van der Waals surface area contributed by atoms with Crippen LogP contribution in [0.15, 0.2) is 11.6 Å². The summed E-state index contributed by atoms with van der Waals surface area (Å²) < 4.78 is 4.87. The van der Waals surface area contributed by atoms with Gasteiger partial charge in [-0.25, -0.2) is 4.79 Å². The number of allylic oxidation sites excluding steroid dienone is 1. The van der Waals surface area contributed by atoms with Crippen LogP contribution in [0.5, 0.6) is 0 Å². The highest BCUT2D eigenvalue weighted by atomic mass is 16.5. The summed E-state index contributed by atoms with van der Waals surface area (Å²) in [7, 11) is 0. The van der Waals surface area contributed by atoms with E-state index >= 15 is 0 Å². The summed E-state index contributed by atoms with van der Waals surface area (Å²) in [6, 6.07) is 0.134. The molecular weight excluding hydrogens is 230 g/mol. The summed E-state index contributed by atoms with van der Waals surface area (Å²) in [6.45, 7) is 6.20. The van der Waals surface area contributed by atoms with Crippen molar-refractivity contribution >= 4 is 5.97 Å². The predicted octanol–water partition coefficient (Wildman–Crippen LogP) is 2.15. The average Bonchev–Trinajstić information content (AvgIpc) is 2.39. The Balaban J connectivity index is 0.000000411. The first-order valence-corrected chi connectivity index (χ1v) is 6.84. The number of aliphatic hydroxyl groups is 1. The van der Waals surface area contributed by atoms with Crippen LogP contribution < -0.4 is 5.73 Å². The number of esters is 1. The summed E-state index contributed by atoms with van der Waals surface area (Å²) in [5.41, 5.74) is 6.46. The third kappa shape index (κ3) is 7.45. The summed E-state index contributed by atoms with van der Waals surface area (Å²) in [4.78, 5) is 11.2. The third-order valence-corrected chi connectivity index (χ3v) is 2.89. The van der Waals surface area contributed by atoms with E-state index in [1.807, 2.05) is 19.9 Å². The number of carbonyl (C=O) groups excluding carboxylic acids is 1. The summed E-state index contributed by atoms with van der Waals surface area (Å²) >= 11 is 0. The molecule has 1 aliphatic carbocycles. The van der Waals surface area contributed by atoms with Crippen molar-refractivity contribution in [2.75, 3.05) is 6.61 Å². The second-order valence-electron chi connectivity index (χ2n) is 4.46. The Hall–Kier alpha value is -0.870. The maximum Gasteiger partial charge on any atom is 0.333 e. The molecule has 1 aliphatic rings. The van der Waals surface area contributed by atoms with Gasteiger partial charge in [0.05, 0.1) is 12.7 Å². The lowest BCUT2D eigenvalue weighted by atomic mass is 9.96. The maximum atomic E-state index is 11.2. The molecular formula is C14H27NO3. The minimum Gasteiger partial charge on any atom is -0.463 e. The van der Waals surface area contributed by atoms with Gasteiger partial charge in [-0.05, 0) is 39.0 Å². The van der Waals surface area contributed by atoms with Gasteiger partial charge in [0.2, 0.25) is 0 Å². The van der Waals surface area contributed by atoms with Crippen molar-refractivity contribution in [3.05, 3.63) is 11.6 Å². The Labute approximate surface area is 110 Å². The van der Waals surface area contributed by atoms with Gasteiger partial charge in [-0.15, -0.1) is 0 Å². The molecule has 4 heteroatoms. The Kier molecular flexibility index (Phi) is 9.60. The fraction of sp³-hybridized carbons (Fsp3) is 0.786. The van der Waals surface area contributed by atoms with Crippen molar-refractivity contribution in [2.45, 2.75) is 65.0 Å². The van der Waals surface area contributed by atoms with E-state index < -0.39 is 0 Å². The predicted molar refractivity (Wildman–Crippen MR) is 73.1 cm³/mol. The number of ether oxygens (including phenoxy) is 1. The number of carbonyl (C=O) groups is 1. The largest absolute Gasteiger partial charge is 0.463 e. The molecule has 0 aromatic carbocycles. The molecule has 1 atom stereocenters. The summed E-state index contributed by atoms with van der Waals surface area (Å²) in [5, 5.41) is 8.67. The topological polar surface area (TPSA) is 72.5 Å². The van der Waals surface area contributed by atoms with Crippen molar-refractivity contribution in [2.24, 2.45) is 5.73 Å². The van der Waals surface area contributed by atoms with Gasteiger partial charge < -0.3 is 15.6 Å². The molecule has 1 rings (SSSR count). The van der Waals surface area contributed by atoms with Crippen LogP contribution in [0, 0.1) is 0 Å². The lowest BCUT2D eigenvalue weighted by molar-refractivity contribution is -0.138. The molecule has 0 radical (unpaired) electrons. The Morgan fingerprint density at radius 2 is 2.11 bits per heavy atom. The number of hydrogen-bond donors (Lipinski definition) is 2. The Morgan fingerprint density at radius 3 is 2.50 bits per heavy atom. The number of aliphatic hydroxyl groups excluding tert-OH is 1. The van der Waals surface area contributed by atoms with Gasteiger partial charge in [-0.1, -0.05) is 19.9 Å². The van der Waals surface area contributed by atoms with Crippen LogP contribution in [0.3, 0.4) is 0 Å². The van der Waals surface area contributed by atoms with Crippen molar-refractivity contribution < 1.29 is 14.6 Å². The van der Waals surface area contributed by atoms with E-state index in [1.165, 1.54) is 0 Å². The van der Waals surface area contributed by atoms with E-state index in [9.17, 15) is 4.79 Å². The molecule has 0 bridgehead atoms. The zero-order valence-corrected chi connectivity index (χ0v) is 11.8. The van der Waals surface area contributed by atoms with Crippen LogP contribution in [0.1, 0.15) is 52.9 Å². The minimum atomic E-state index is -0.201. The Morgan fingerprint density at radius 1 is 1.50 bits per heavy atom. The monoisotopic (exact) mass is 257 g/mol. The van der Waals surface area contributed by atoms with Gasteiger partial charge >= 0.3 is 5.97 Å². The van der Waals surface area contributed by atoms with Crippen LogP contribution in [-0.4, -0.2) is 29.8 Å². The van der Waals surface area contributed by atoms with Crippen molar-refractivity contribution in [3.8, 4) is 0 Å². The Bertz CT molecular complexity index is 260. The smallest absolute Gasteiger partial charge is 0.333 e. The second-order valence-corrected chi connectivity index (χ2v) is 4.46. The molecule has 4 nitrogen and oxygen atoms in total. The zero-order valence-electron chi connectivity index (χ0n) is 11.8. The average molecular weight is 257 g/mol. The van der Waals surface area contributed by atoms with E-state index in [4.69, 9.17) is 15.6 Å². The molecule has 0 aromatic heterocycles. The number of nitrogens with two attached hydrogens (primary N) is 1. The molecule has 106 valence electrons. The quantitative estimate of drug-likeness (QED) is 0.757. The molecule has 3 N–H and O–H groups in total. The van der Waals surface area contributed by atoms with Gasteiger partial charge in [0, 0.05) is 11.6 Å². The second kappa shape index (κ2) is 10.1. The highest BCUT2D eigenvalue weighted by molar-refractivity contribution is 5.88.